The van der Waals surface area contributed by atoms with Gasteiger partial charge in [0.1, 0.15) is 4.60 Å². The van der Waals surface area contributed by atoms with Crippen molar-refractivity contribution < 1.29 is 21.6 Å². The molecule has 0 saturated heterocycles. The third-order valence-corrected chi connectivity index (χ3v) is 4.37. The summed E-state index contributed by atoms with van der Waals surface area (Å²) in [7, 11) is -4.37. The van der Waals surface area contributed by atoms with Crippen LogP contribution in [0.1, 0.15) is 5.56 Å². The van der Waals surface area contributed by atoms with Crippen LogP contribution in [0.2, 0.25) is 0 Å². The van der Waals surface area contributed by atoms with Crippen molar-refractivity contribution in [3.63, 3.8) is 0 Å². The van der Waals surface area contributed by atoms with Crippen molar-refractivity contribution in [3.8, 4) is 0 Å². The second-order valence-corrected chi connectivity index (χ2v) is 6.43. The Bertz CT molecular complexity index is 746. The second-order valence-electron chi connectivity index (χ2n) is 3.97. The number of hydrogen-bond donors (Lipinski definition) is 1. The predicted octanol–water partition coefficient (Wildman–Crippen LogP) is 3.66. The van der Waals surface area contributed by atoms with E-state index in [-0.39, 0.29) is 5.69 Å². The van der Waals surface area contributed by atoms with Crippen molar-refractivity contribution in [3.05, 3.63) is 52.8 Å². The van der Waals surface area contributed by atoms with E-state index in [1.165, 1.54) is 24.4 Å². The molecule has 112 valence electrons. The lowest BCUT2D eigenvalue weighted by Crippen LogP contribution is -2.18. The molecule has 0 spiro atoms. The lowest BCUT2D eigenvalue weighted by atomic mass is 10.2. The van der Waals surface area contributed by atoms with Gasteiger partial charge >= 0.3 is 6.18 Å². The normalized spacial score (nSPS) is 12.2. The maximum atomic E-state index is 12.9. The Hall–Kier alpha value is -1.61. The molecule has 0 bridgehead atoms. The number of alkyl halides is 3. The number of benzene rings is 1. The molecule has 2 aromatic rings. The van der Waals surface area contributed by atoms with Crippen LogP contribution >= 0.6 is 15.9 Å². The minimum Gasteiger partial charge on any atom is -0.278 e. The summed E-state index contributed by atoms with van der Waals surface area (Å²) >= 11 is 3.07. The van der Waals surface area contributed by atoms with Gasteiger partial charge < -0.3 is 0 Å². The molecule has 0 aliphatic carbocycles. The second kappa shape index (κ2) is 5.64. The summed E-state index contributed by atoms with van der Waals surface area (Å²) in [5.74, 6) is 0. The first kappa shape index (κ1) is 15.8. The molecule has 0 saturated carbocycles. The zero-order valence-corrected chi connectivity index (χ0v) is 12.6. The number of halogens is 4. The summed E-state index contributed by atoms with van der Waals surface area (Å²) in [4.78, 5) is 2.96. The van der Waals surface area contributed by atoms with Crippen molar-refractivity contribution in [2.75, 3.05) is 4.72 Å². The lowest BCUT2D eigenvalue weighted by Gasteiger charge is -2.14. The van der Waals surface area contributed by atoms with Crippen molar-refractivity contribution in [2.45, 2.75) is 11.1 Å². The molecular formula is C12H8BrF3N2O2S. The van der Waals surface area contributed by atoms with Gasteiger partial charge in [-0.25, -0.2) is 13.4 Å². The van der Waals surface area contributed by atoms with Gasteiger partial charge in [0.25, 0.3) is 10.0 Å². The Morgan fingerprint density at radius 3 is 2.33 bits per heavy atom. The third-order valence-electron chi connectivity index (χ3n) is 2.46. The summed E-state index contributed by atoms with van der Waals surface area (Å²) in [6.07, 6.45) is -3.57. The molecule has 0 amide bonds. The number of pyridine rings is 1. The highest BCUT2D eigenvalue weighted by Crippen LogP contribution is 2.34. The van der Waals surface area contributed by atoms with Gasteiger partial charge in [-0.15, -0.1) is 0 Å². The molecule has 0 aliphatic heterocycles. The van der Waals surface area contributed by atoms with E-state index >= 15 is 0 Å². The molecule has 4 nitrogen and oxygen atoms in total. The van der Waals surface area contributed by atoms with E-state index in [9.17, 15) is 21.6 Å². The SMILES string of the molecule is O=S(=O)(Nc1ccc(Br)nc1)c1ccccc1C(F)(F)F. The summed E-state index contributed by atoms with van der Waals surface area (Å²) in [6.45, 7) is 0. The molecule has 21 heavy (non-hydrogen) atoms. The first-order valence-corrected chi connectivity index (χ1v) is 7.78. The van der Waals surface area contributed by atoms with Crippen molar-refractivity contribution in [1.29, 1.82) is 0 Å². The van der Waals surface area contributed by atoms with Crippen LogP contribution in [0.25, 0.3) is 0 Å². The summed E-state index contributed by atoms with van der Waals surface area (Å²) < 4.78 is 65.3. The number of anilines is 1. The highest BCUT2D eigenvalue weighted by atomic mass is 79.9. The molecule has 0 unspecified atom stereocenters. The largest absolute Gasteiger partial charge is 0.417 e. The smallest absolute Gasteiger partial charge is 0.278 e. The van der Waals surface area contributed by atoms with E-state index in [0.29, 0.717) is 10.7 Å². The van der Waals surface area contributed by atoms with Gasteiger partial charge in [0.05, 0.1) is 22.3 Å². The van der Waals surface area contributed by atoms with Crippen molar-refractivity contribution >= 4 is 31.6 Å². The van der Waals surface area contributed by atoms with Crippen LogP contribution in [0.3, 0.4) is 0 Å². The average molecular weight is 381 g/mol. The van der Waals surface area contributed by atoms with Crippen LogP contribution in [0.4, 0.5) is 18.9 Å². The molecule has 1 heterocycles. The first-order chi connectivity index (χ1) is 9.70. The van der Waals surface area contributed by atoms with Gasteiger partial charge in [0, 0.05) is 0 Å². The van der Waals surface area contributed by atoms with Crippen LogP contribution in [0.15, 0.2) is 52.1 Å². The molecule has 1 N–H and O–H groups in total. The summed E-state index contributed by atoms with van der Waals surface area (Å²) in [5, 5.41) is 0. The molecule has 0 fully saturated rings. The number of sulfonamides is 1. The summed E-state index contributed by atoms with van der Waals surface area (Å²) in [6, 6.07) is 6.82. The third kappa shape index (κ3) is 3.73. The fourth-order valence-corrected chi connectivity index (χ4v) is 3.09. The number of nitrogens with zero attached hydrogens (tertiary/aromatic N) is 1. The van der Waals surface area contributed by atoms with Crippen LogP contribution in [-0.2, 0) is 16.2 Å². The standard InChI is InChI=1S/C12H8BrF3N2O2S/c13-11-6-5-8(7-17-11)18-21(19,20)10-4-2-1-3-9(10)12(14,15)16/h1-7,18H. The molecule has 1 aromatic carbocycles. The van der Waals surface area contributed by atoms with Crippen LogP contribution < -0.4 is 4.72 Å². The zero-order chi connectivity index (χ0) is 15.7. The number of aromatic nitrogens is 1. The highest BCUT2D eigenvalue weighted by molar-refractivity contribution is 9.10. The zero-order valence-electron chi connectivity index (χ0n) is 10.2. The van der Waals surface area contributed by atoms with Crippen molar-refractivity contribution in [1.82, 2.24) is 4.98 Å². The maximum Gasteiger partial charge on any atom is 0.417 e. The Balaban J connectivity index is 2.43. The first-order valence-electron chi connectivity index (χ1n) is 5.51. The van der Waals surface area contributed by atoms with E-state index in [1.807, 2.05) is 0 Å². The maximum absolute atomic E-state index is 12.9. The molecule has 0 aliphatic rings. The number of rotatable bonds is 3. The van der Waals surface area contributed by atoms with E-state index in [2.05, 4.69) is 25.6 Å². The quantitative estimate of drug-likeness (QED) is 0.826. The van der Waals surface area contributed by atoms with Gasteiger partial charge in [-0.1, -0.05) is 12.1 Å². The minimum absolute atomic E-state index is 0.0650. The van der Waals surface area contributed by atoms with Gasteiger partial charge in [0.15, 0.2) is 0 Å². The predicted molar refractivity (Wildman–Crippen MR) is 74.2 cm³/mol. The molecular weight excluding hydrogens is 373 g/mol. The number of hydrogen-bond acceptors (Lipinski definition) is 3. The van der Waals surface area contributed by atoms with Crippen molar-refractivity contribution in [2.24, 2.45) is 0 Å². The Labute approximate surface area is 127 Å². The van der Waals surface area contributed by atoms with Gasteiger partial charge in [-0.3, -0.25) is 4.72 Å². The fourth-order valence-electron chi connectivity index (χ4n) is 1.58. The van der Waals surface area contributed by atoms with E-state index in [1.54, 1.807) is 0 Å². The molecule has 0 atom stereocenters. The highest BCUT2D eigenvalue weighted by Gasteiger charge is 2.36. The Morgan fingerprint density at radius 2 is 1.76 bits per heavy atom. The Kier molecular flexibility index (Phi) is 4.24. The minimum atomic E-state index is -4.76. The van der Waals surface area contributed by atoms with Crippen LogP contribution in [0.5, 0.6) is 0 Å². The lowest BCUT2D eigenvalue weighted by molar-refractivity contribution is -0.139. The van der Waals surface area contributed by atoms with Gasteiger partial charge in [-0.05, 0) is 40.2 Å². The van der Waals surface area contributed by atoms with Gasteiger partial charge in [0.2, 0.25) is 0 Å². The van der Waals surface area contributed by atoms with E-state index < -0.39 is 26.7 Å². The monoisotopic (exact) mass is 380 g/mol. The van der Waals surface area contributed by atoms with Crippen LogP contribution in [-0.4, -0.2) is 13.4 Å². The molecule has 9 heteroatoms. The van der Waals surface area contributed by atoms with E-state index in [0.717, 1.165) is 12.1 Å². The molecule has 2 rings (SSSR count). The molecule has 1 aromatic heterocycles. The Morgan fingerprint density at radius 1 is 1.10 bits per heavy atom. The summed E-state index contributed by atoms with van der Waals surface area (Å²) in [5.41, 5.74) is -1.15. The topological polar surface area (TPSA) is 59.1 Å². The fraction of sp³-hybridized carbons (Fsp3) is 0.0833. The number of nitrogens with one attached hydrogen (secondary N) is 1. The average Bonchev–Trinajstić information content (AvgIpc) is 2.40. The molecule has 0 radical (unpaired) electrons. The van der Waals surface area contributed by atoms with Gasteiger partial charge in [-0.2, -0.15) is 13.2 Å². The van der Waals surface area contributed by atoms with E-state index in [4.69, 9.17) is 0 Å². The van der Waals surface area contributed by atoms with Crippen LogP contribution in [0, 0.1) is 0 Å².